The molecule has 3 nitrogen and oxygen atoms in total. The lowest BCUT2D eigenvalue weighted by Gasteiger charge is -2.08. The monoisotopic (exact) mass is 139 g/mol. The van der Waals surface area contributed by atoms with Crippen LogP contribution in [-0.2, 0) is 0 Å². The second-order valence-corrected chi connectivity index (χ2v) is 1.71. The molecule has 0 fully saturated rings. The van der Waals surface area contributed by atoms with Crippen LogP contribution in [0, 0.1) is 12.0 Å². The summed E-state index contributed by atoms with van der Waals surface area (Å²) in [7, 11) is 1.85. The summed E-state index contributed by atoms with van der Waals surface area (Å²) in [6.07, 6.45) is 1.70. The number of hydrogen-bond acceptors (Lipinski definition) is 2. The maximum Gasteiger partial charge on any atom is 0.104 e. The molecular formula is C7H13N3. The Bertz CT molecular complexity index is 152. The van der Waals surface area contributed by atoms with Crippen LogP contribution in [0.25, 0.3) is 0 Å². The predicted molar refractivity (Wildman–Crippen MR) is 43.4 cm³/mol. The Morgan fingerprint density at radius 2 is 2.40 bits per heavy atom. The van der Waals surface area contributed by atoms with Crippen LogP contribution in [0.1, 0.15) is 13.8 Å². The molecule has 0 aromatic heterocycles. The van der Waals surface area contributed by atoms with Gasteiger partial charge in [-0.3, -0.25) is 15.4 Å². The number of hydrogen-bond donors (Lipinski definition) is 1. The van der Waals surface area contributed by atoms with E-state index in [4.69, 9.17) is 0 Å². The normalized spacial score (nSPS) is 8.70. The Balaban J connectivity index is 3.49. The van der Waals surface area contributed by atoms with E-state index in [1.54, 1.807) is 18.3 Å². The lowest BCUT2D eigenvalue weighted by atomic mass is 10.8. The Morgan fingerprint density at radius 3 is 2.90 bits per heavy atom. The molecule has 0 aliphatic heterocycles. The third-order valence-electron chi connectivity index (χ3n) is 0.795. The van der Waals surface area contributed by atoms with Crippen molar-refractivity contribution in [2.45, 2.75) is 13.8 Å². The summed E-state index contributed by atoms with van der Waals surface area (Å²) in [6.45, 7) is 4.55. The fourth-order valence-electron chi connectivity index (χ4n) is 0.377. The van der Waals surface area contributed by atoms with Crippen molar-refractivity contribution >= 4 is 6.34 Å². The van der Waals surface area contributed by atoms with Gasteiger partial charge in [0.1, 0.15) is 6.34 Å². The second-order valence-electron chi connectivity index (χ2n) is 1.71. The highest BCUT2D eigenvalue weighted by Gasteiger charge is 1.80. The number of aliphatic imine (C=N–C) groups is 1. The van der Waals surface area contributed by atoms with Crippen molar-refractivity contribution in [2.24, 2.45) is 4.99 Å². The highest BCUT2D eigenvalue weighted by molar-refractivity contribution is 5.53. The highest BCUT2D eigenvalue weighted by Crippen LogP contribution is 1.67. The number of nitrogens with zero attached hydrogens (tertiary/aromatic N) is 2. The van der Waals surface area contributed by atoms with Crippen LogP contribution in [-0.4, -0.2) is 24.9 Å². The van der Waals surface area contributed by atoms with E-state index in [9.17, 15) is 0 Å². The highest BCUT2D eigenvalue weighted by atomic mass is 15.5. The maximum absolute atomic E-state index is 4.00. The van der Waals surface area contributed by atoms with Crippen molar-refractivity contribution in [3.05, 3.63) is 0 Å². The third-order valence-corrected chi connectivity index (χ3v) is 0.795. The van der Waals surface area contributed by atoms with E-state index in [2.05, 4.69) is 22.4 Å². The fourth-order valence-corrected chi connectivity index (χ4v) is 0.377. The van der Waals surface area contributed by atoms with E-state index in [1.807, 2.05) is 14.0 Å². The van der Waals surface area contributed by atoms with Gasteiger partial charge in [-0.1, -0.05) is 5.92 Å². The fraction of sp³-hybridized carbons (Fsp3) is 0.571. The van der Waals surface area contributed by atoms with Crippen molar-refractivity contribution in [3.63, 3.8) is 0 Å². The molecule has 0 aliphatic rings. The van der Waals surface area contributed by atoms with Gasteiger partial charge in [-0.15, -0.1) is 0 Å². The van der Waals surface area contributed by atoms with E-state index in [0.29, 0.717) is 0 Å². The summed E-state index contributed by atoms with van der Waals surface area (Å²) in [5.41, 5.74) is 2.79. The van der Waals surface area contributed by atoms with Gasteiger partial charge in [0.05, 0.1) is 0 Å². The van der Waals surface area contributed by atoms with E-state index in [-0.39, 0.29) is 0 Å². The van der Waals surface area contributed by atoms with E-state index in [0.717, 1.165) is 6.54 Å². The van der Waals surface area contributed by atoms with Gasteiger partial charge in [0.15, 0.2) is 0 Å². The summed E-state index contributed by atoms with van der Waals surface area (Å²) >= 11 is 0. The molecule has 0 saturated heterocycles. The zero-order valence-electron chi connectivity index (χ0n) is 6.68. The molecule has 0 bridgehead atoms. The molecular weight excluding hydrogens is 126 g/mol. The molecule has 0 saturated carbocycles. The molecule has 0 radical (unpaired) electrons. The molecule has 0 aromatic carbocycles. The first-order chi connectivity index (χ1) is 4.81. The number of hydrazine groups is 1. The van der Waals surface area contributed by atoms with Gasteiger partial charge < -0.3 is 0 Å². The molecule has 3 heteroatoms. The topological polar surface area (TPSA) is 27.6 Å². The molecule has 0 spiro atoms. The average molecular weight is 139 g/mol. The van der Waals surface area contributed by atoms with Gasteiger partial charge in [0.2, 0.25) is 0 Å². The van der Waals surface area contributed by atoms with Gasteiger partial charge in [0, 0.05) is 19.6 Å². The SMILES string of the molecule is CC#CNN(C)C=NCC. The van der Waals surface area contributed by atoms with Crippen LogP contribution >= 0.6 is 0 Å². The Morgan fingerprint density at radius 1 is 1.70 bits per heavy atom. The molecule has 0 rings (SSSR count). The maximum atomic E-state index is 4.00. The Kier molecular flexibility index (Phi) is 5.26. The van der Waals surface area contributed by atoms with Crippen molar-refractivity contribution < 1.29 is 0 Å². The molecule has 10 heavy (non-hydrogen) atoms. The molecule has 0 amide bonds. The van der Waals surface area contributed by atoms with Crippen molar-refractivity contribution in [1.82, 2.24) is 10.4 Å². The summed E-state index contributed by atoms with van der Waals surface area (Å²) < 4.78 is 0. The quantitative estimate of drug-likeness (QED) is 0.202. The molecule has 0 atom stereocenters. The molecule has 0 unspecified atom stereocenters. The van der Waals surface area contributed by atoms with Crippen LogP contribution in [0.3, 0.4) is 0 Å². The predicted octanol–water partition coefficient (Wildman–Crippen LogP) is 0.452. The van der Waals surface area contributed by atoms with Crippen LogP contribution in [0.15, 0.2) is 4.99 Å². The summed E-state index contributed by atoms with van der Waals surface area (Å²) in [5.74, 6) is 2.71. The van der Waals surface area contributed by atoms with Gasteiger partial charge in [-0.25, -0.2) is 0 Å². The van der Waals surface area contributed by atoms with E-state index >= 15 is 0 Å². The van der Waals surface area contributed by atoms with Gasteiger partial charge in [-0.05, 0) is 13.8 Å². The Labute approximate surface area is 62.1 Å². The second kappa shape index (κ2) is 5.96. The lowest BCUT2D eigenvalue weighted by molar-refractivity contribution is 0.458. The van der Waals surface area contributed by atoms with Gasteiger partial charge in [-0.2, -0.15) is 0 Å². The standard InChI is InChI=1S/C7H13N3/c1-4-6-9-10(3)7-8-5-2/h7,9H,5H2,1-3H3. The average Bonchev–Trinajstić information content (AvgIpc) is 1.97. The molecule has 0 aromatic rings. The van der Waals surface area contributed by atoms with E-state index < -0.39 is 0 Å². The van der Waals surface area contributed by atoms with Gasteiger partial charge >= 0.3 is 0 Å². The van der Waals surface area contributed by atoms with Crippen molar-refractivity contribution in [3.8, 4) is 12.0 Å². The first-order valence-corrected chi connectivity index (χ1v) is 3.21. The van der Waals surface area contributed by atoms with Crippen LogP contribution in [0.5, 0.6) is 0 Å². The first-order valence-electron chi connectivity index (χ1n) is 3.21. The molecule has 0 heterocycles. The largest absolute Gasteiger partial charge is 0.274 e. The van der Waals surface area contributed by atoms with E-state index in [1.165, 1.54) is 0 Å². The van der Waals surface area contributed by atoms with Crippen LogP contribution < -0.4 is 5.43 Å². The minimum atomic E-state index is 0.797. The lowest BCUT2D eigenvalue weighted by Crippen LogP contribution is -2.28. The van der Waals surface area contributed by atoms with Crippen LogP contribution in [0.4, 0.5) is 0 Å². The minimum absolute atomic E-state index is 0.797. The van der Waals surface area contributed by atoms with Gasteiger partial charge in [0.25, 0.3) is 0 Å². The van der Waals surface area contributed by atoms with Crippen LogP contribution in [0.2, 0.25) is 0 Å². The number of nitrogens with one attached hydrogen (secondary N) is 1. The summed E-state index contributed by atoms with van der Waals surface area (Å²) in [6, 6.07) is 2.69. The first kappa shape index (κ1) is 8.83. The van der Waals surface area contributed by atoms with Crippen molar-refractivity contribution in [2.75, 3.05) is 13.6 Å². The summed E-state index contributed by atoms with van der Waals surface area (Å²) in [4.78, 5) is 4.00. The number of rotatable bonds is 3. The Hall–Kier alpha value is -1.17. The van der Waals surface area contributed by atoms with Crippen molar-refractivity contribution in [1.29, 1.82) is 0 Å². The smallest absolute Gasteiger partial charge is 0.104 e. The minimum Gasteiger partial charge on any atom is -0.274 e. The third kappa shape index (κ3) is 4.98. The zero-order chi connectivity index (χ0) is 7.82. The zero-order valence-corrected chi connectivity index (χ0v) is 6.68. The summed E-state index contributed by atoms with van der Waals surface area (Å²) in [5, 5.41) is 1.71. The molecule has 0 aliphatic carbocycles. The molecule has 56 valence electrons. The molecule has 1 N–H and O–H groups in total.